The number of piperazine rings is 1. The zero-order valence-corrected chi connectivity index (χ0v) is 12.5. The Bertz CT molecular complexity index is 611. The number of alkyl halides is 3. The summed E-state index contributed by atoms with van der Waals surface area (Å²) in [6.07, 6.45) is -4.63. The molecule has 9 heteroatoms. The quantitative estimate of drug-likeness (QED) is 0.864. The minimum absolute atomic E-state index is 0.131. The monoisotopic (exact) mass is 330 g/mol. The molecule has 1 fully saturated rings. The number of carbonyl (C=O) groups is 2. The molecule has 0 saturated carbocycles. The lowest BCUT2D eigenvalue weighted by Gasteiger charge is -2.32. The molecule has 0 atom stereocenters. The van der Waals surface area contributed by atoms with E-state index in [2.05, 4.69) is 5.32 Å². The van der Waals surface area contributed by atoms with Gasteiger partial charge in [-0.2, -0.15) is 13.2 Å². The number of carbonyl (C=O) groups excluding carboxylic acids is 2. The maximum atomic E-state index is 13.0. The summed E-state index contributed by atoms with van der Waals surface area (Å²) in [5, 5.41) is 2.08. The van der Waals surface area contributed by atoms with E-state index in [4.69, 9.17) is 5.73 Å². The number of rotatable bonds is 2. The Balaban J connectivity index is 2.32. The van der Waals surface area contributed by atoms with Crippen molar-refractivity contribution in [3.05, 3.63) is 29.3 Å². The molecule has 0 bridgehead atoms. The molecule has 23 heavy (non-hydrogen) atoms. The van der Waals surface area contributed by atoms with Crippen molar-refractivity contribution in [2.75, 3.05) is 38.5 Å². The van der Waals surface area contributed by atoms with E-state index in [1.165, 1.54) is 11.0 Å². The number of amides is 3. The highest BCUT2D eigenvalue weighted by Gasteiger charge is 2.32. The van der Waals surface area contributed by atoms with Crippen LogP contribution in [-0.4, -0.2) is 55.0 Å². The van der Waals surface area contributed by atoms with Crippen LogP contribution in [0.5, 0.6) is 0 Å². The second-order valence-electron chi connectivity index (χ2n) is 5.38. The van der Waals surface area contributed by atoms with Crippen molar-refractivity contribution >= 4 is 17.6 Å². The van der Waals surface area contributed by atoms with E-state index in [0.717, 1.165) is 12.1 Å². The maximum Gasteiger partial charge on any atom is 0.416 e. The van der Waals surface area contributed by atoms with Gasteiger partial charge < -0.3 is 20.9 Å². The molecule has 0 spiro atoms. The van der Waals surface area contributed by atoms with Crippen LogP contribution in [0.15, 0.2) is 18.2 Å². The number of nitrogens with two attached hydrogens (primary N) is 1. The Morgan fingerprint density at radius 1 is 1.13 bits per heavy atom. The molecule has 126 valence electrons. The fraction of sp³-hybridized carbons (Fsp3) is 0.429. The number of primary amides is 1. The van der Waals surface area contributed by atoms with Crippen molar-refractivity contribution in [2.24, 2.45) is 5.73 Å². The van der Waals surface area contributed by atoms with Gasteiger partial charge in [0.25, 0.3) is 5.91 Å². The third-order valence-corrected chi connectivity index (χ3v) is 3.57. The fourth-order valence-electron chi connectivity index (χ4n) is 2.32. The molecular weight excluding hydrogens is 313 g/mol. The first-order chi connectivity index (χ1) is 10.7. The van der Waals surface area contributed by atoms with Crippen molar-refractivity contribution in [2.45, 2.75) is 6.18 Å². The Hall–Kier alpha value is -2.29. The molecule has 0 unspecified atom stereocenters. The van der Waals surface area contributed by atoms with E-state index in [9.17, 15) is 22.8 Å². The van der Waals surface area contributed by atoms with Crippen LogP contribution in [0.4, 0.5) is 23.7 Å². The molecule has 1 aromatic carbocycles. The van der Waals surface area contributed by atoms with Crippen LogP contribution in [0.1, 0.15) is 15.9 Å². The molecule has 0 aromatic heterocycles. The lowest BCUT2D eigenvalue weighted by molar-refractivity contribution is -0.137. The van der Waals surface area contributed by atoms with Gasteiger partial charge >= 0.3 is 12.2 Å². The van der Waals surface area contributed by atoms with Crippen molar-refractivity contribution in [1.82, 2.24) is 9.80 Å². The predicted octanol–water partition coefficient (Wildman–Crippen LogP) is 1.58. The van der Waals surface area contributed by atoms with Crippen LogP contribution in [0, 0.1) is 0 Å². The zero-order valence-electron chi connectivity index (χ0n) is 12.5. The molecule has 1 aliphatic heterocycles. The first-order valence-corrected chi connectivity index (χ1v) is 6.93. The molecule has 3 N–H and O–H groups in total. The summed E-state index contributed by atoms with van der Waals surface area (Å²) in [4.78, 5) is 26.8. The number of nitrogens with one attached hydrogen (secondary N) is 1. The summed E-state index contributed by atoms with van der Waals surface area (Å²) in [7, 11) is 1.90. The molecule has 2 rings (SSSR count). The zero-order chi connectivity index (χ0) is 17.2. The highest BCUT2D eigenvalue weighted by atomic mass is 19.4. The van der Waals surface area contributed by atoms with E-state index < -0.39 is 23.7 Å². The molecule has 1 saturated heterocycles. The lowest BCUT2D eigenvalue weighted by atomic mass is 10.1. The van der Waals surface area contributed by atoms with Crippen molar-refractivity contribution in [3.8, 4) is 0 Å². The number of hydrogen-bond donors (Lipinski definition) is 2. The minimum atomic E-state index is -4.63. The minimum Gasteiger partial charge on any atom is -0.351 e. The van der Waals surface area contributed by atoms with E-state index in [1.54, 1.807) is 0 Å². The van der Waals surface area contributed by atoms with E-state index in [0.29, 0.717) is 26.2 Å². The van der Waals surface area contributed by atoms with Gasteiger partial charge in [-0.05, 0) is 25.2 Å². The van der Waals surface area contributed by atoms with Gasteiger partial charge in [0.1, 0.15) is 0 Å². The van der Waals surface area contributed by atoms with Crippen LogP contribution in [0.25, 0.3) is 0 Å². The summed E-state index contributed by atoms with van der Waals surface area (Å²) in [6.45, 7) is 2.17. The largest absolute Gasteiger partial charge is 0.416 e. The normalized spacial score (nSPS) is 16.3. The standard InChI is InChI=1S/C14H17F3N4O2/c1-20-2-4-21(5-3-20)12(22)9-6-10(14(15,16)17)8-11(7-9)19-13(18)23/h6-8H,2-5H2,1H3,(H3,18,19,23). The van der Waals surface area contributed by atoms with Gasteiger partial charge in [-0.3, -0.25) is 4.79 Å². The van der Waals surface area contributed by atoms with Crippen LogP contribution in [0.2, 0.25) is 0 Å². The number of hydrogen-bond acceptors (Lipinski definition) is 3. The number of anilines is 1. The fourth-order valence-corrected chi connectivity index (χ4v) is 2.32. The van der Waals surface area contributed by atoms with E-state index >= 15 is 0 Å². The smallest absolute Gasteiger partial charge is 0.351 e. The van der Waals surface area contributed by atoms with Crippen molar-refractivity contribution < 1.29 is 22.8 Å². The second kappa shape index (κ2) is 6.45. The molecular formula is C14H17F3N4O2. The van der Waals surface area contributed by atoms with Gasteiger partial charge in [-0.1, -0.05) is 0 Å². The Morgan fingerprint density at radius 3 is 2.26 bits per heavy atom. The lowest BCUT2D eigenvalue weighted by Crippen LogP contribution is -2.47. The third-order valence-electron chi connectivity index (χ3n) is 3.57. The highest BCUT2D eigenvalue weighted by molar-refractivity contribution is 5.97. The molecule has 3 amide bonds. The van der Waals surface area contributed by atoms with Crippen LogP contribution >= 0.6 is 0 Å². The number of benzene rings is 1. The van der Waals surface area contributed by atoms with E-state index in [1.807, 2.05) is 11.9 Å². The van der Waals surface area contributed by atoms with Gasteiger partial charge in [-0.25, -0.2) is 4.79 Å². The molecule has 1 heterocycles. The molecule has 0 aliphatic carbocycles. The summed E-state index contributed by atoms with van der Waals surface area (Å²) in [6, 6.07) is 1.72. The first-order valence-electron chi connectivity index (χ1n) is 6.93. The van der Waals surface area contributed by atoms with Crippen LogP contribution < -0.4 is 11.1 Å². The highest BCUT2D eigenvalue weighted by Crippen LogP contribution is 2.32. The first kappa shape index (κ1) is 17.1. The number of halogens is 3. The van der Waals surface area contributed by atoms with Crippen molar-refractivity contribution in [1.29, 1.82) is 0 Å². The van der Waals surface area contributed by atoms with Gasteiger partial charge in [0.2, 0.25) is 0 Å². The Labute approximate surface area is 131 Å². The van der Waals surface area contributed by atoms with E-state index in [-0.39, 0.29) is 11.3 Å². The predicted molar refractivity (Wildman–Crippen MR) is 78.1 cm³/mol. The van der Waals surface area contributed by atoms with Crippen molar-refractivity contribution in [3.63, 3.8) is 0 Å². The maximum absolute atomic E-state index is 13.0. The summed E-state index contributed by atoms with van der Waals surface area (Å²) in [5.74, 6) is -0.503. The van der Waals surface area contributed by atoms with Gasteiger partial charge in [-0.15, -0.1) is 0 Å². The molecule has 0 radical (unpaired) electrons. The van der Waals surface area contributed by atoms with Gasteiger partial charge in [0.15, 0.2) is 0 Å². The Morgan fingerprint density at radius 2 is 1.74 bits per heavy atom. The summed E-state index contributed by atoms with van der Waals surface area (Å²) >= 11 is 0. The third kappa shape index (κ3) is 4.35. The average Bonchev–Trinajstić information content (AvgIpc) is 2.45. The van der Waals surface area contributed by atoms with Crippen LogP contribution in [0.3, 0.4) is 0 Å². The molecule has 1 aromatic rings. The molecule has 6 nitrogen and oxygen atoms in total. The molecule has 1 aliphatic rings. The topological polar surface area (TPSA) is 78.7 Å². The summed E-state index contributed by atoms with van der Waals surface area (Å²) < 4.78 is 38.9. The summed E-state index contributed by atoms with van der Waals surface area (Å²) in [5.41, 5.74) is 3.63. The van der Waals surface area contributed by atoms with Gasteiger partial charge in [0, 0.05) is 37.4 Å². The average molecular weight is 330 g/mol. The number of likely N-dealkylation sites (N-methyl/N-ethyl adjacent to an activating group) is 1. The van der Waals surface area contributed by atoms with Gasteiger partial charge in [0.05, 0.1) is 5.56 Å². The number of nitrogens with zero attached hydrogens (tertiary/aromatic N) is 2. The van der Waals surface area contributed by atoms with Crippen LogP contribution in [-0.2, 0) is 6.18 Å². The number of urea groups is 1. The Kier molecular flexibility index (Phi) is 4.79. The SMILES string of the molecule is CN1CCN(C(=O)c2cc(NC(N)=O)cc(C(F)(F)F)c2)CC1. The second-order valence-corrected chi connectivity index (χ2v) is 5.38.